The number of carbonyl (C=O) groups is 1. The third-order valence-corrected chi connectivity index (χ3v) is 2.17. The zero-order chi connectivity index (χ0) is 8.97. The highest BCUT2D eigenvalue weighted by molar-refractivity contribution is 5.81. The van der Waals surface area contributed by atoms with Gasteiger partial charge in [0, 0.05) is 6.04 Å². The summed E-state index contributed by atoms with van der Waals surface area (Å²) in [5, 5.41) is 2.92. The molecule has 0 aliphatic heterocycles. The Hall–Kier alpha value is -0.570. The van der Waals surface area contributed by atoms with Crippen LogP contribution in [0.5, 0.6) is 0 Å². The fraction of sp³-hybridized carbons (Fsp3) is 0.778. The molecular formula is C9H17N2O. The molecule has 1 saturated carbocycles. The maximum atomic E-state index is 11.2. The topological polar surface area (TPSA) is 55.1 Å². The lowest BCUT2D eigenvalue weighted by atomic mass is 9.95. The lowest BCUT2D eigenvalue weighted by molar-refractivity contribution is -0.122. The standard InChI is InChI=1S/C9H17N2O/c1-7(10)9(12)11-8-5-3-2-4-6-8/h3,7-8H,2,4-6,10H2,1H3,(H,11,12)/t7-,8-/m0/s1. The van der Waals surface area contributed by atoms with Crippen molar-refractivity contribution in [3.8, 4) is 0 Å². The number of nitrogens with two attached hydrogens (primary N) is 1. The maximum Gasteiger partial charge on any atom is 0.236 e. The number of nitrogens with one attached hydrogen (secondary N) is 1. The number of hydrogen-bond donors (Lipinski definition) is 2. The van der Waals surface area contributed by atoms with E-state index in [1.807, 2.05) is 0 Å². The second-order valence-electron chi connectivity index (χ2n) is 3.45. The Bertz CT molecular complexity index is 151. The van der Waals surface area contributed by atoms with Gasteiger partial charge in [-0.15, -0.1) is 0 Å². The van der Waals surface area contributed by atoms with Gasteiger partial charge in [0.25, 0.3) is 0 Å². The fourth-order valence-corrected chi connectivity index (χ4v) is 1.41. The molecule has 1 aliphatic rings. The minimum Gasteiger partial charge on any atom is -0.352 e. The second-order valence-corrected chi connectivity index (χ2v) is 3.45. The van der Waals surface area contributed by atoms with E-state index < -0.39 is 0 Å². The molecule has 0 aromatic rings. The predicted molar refractivity (Wildman–Crippen MR) is 48.3 cm³/mol. The minimum absolute atomic E-state index is 0.0321. The first kappa shape index (κ1) is 9.52. The Morgan fingerprint density at radius 2 is 2.50 bits per heavy atom. The normalized spacial score (nSPS) is 21.8. The van der Waals surface area contributed by atoms with Crippen molar-refractivity contribution in [1.82, 2.24) is 5.32 Å². The smallest absolute Gasteiger partial charge is 0.236 e. The lowest BCUT2D eigenvalue weighted by Gasteiger charge is -2.23. The van der Waals surface area contributed by atoms with Crippen molar-refractivity contribution in [3.05, 3.63) is 6.42 Å². The summed E-state index contributed by atoms with van der Waals surface area (Å²) in [6.07, 6.45) is 6.69. The molecule has 1 fully saturated rings. The predicted octanol–water partition coefficient (Wildman–Crippen LogP) is 0.597. The Morgan fingerprint density at radius 1 is 1.75 bits per heavy atom. The van der Waals surface area contributed by atoms with Gasteiger partial charge in [-0.1, -0.05) is 12.8 Å². The van der Waals surface area contributed by atoms with Crippen LogP contribution >= 0.6 is 0 Å². The first-order chi connectivity index (χ1) is 5.70. The maximum absolute atomic E-state index is 11.2. The molecule has 1 amide bonds. The van der Waals surface area contributed by atoms with Gasteiger partial charge in [0.1, 0.15) is 0 Å². The van der Waals surface area contributed by atoms with Gasteiger partial charge in [0.05, 0.1) is 6.04 Å². The molecule has 69 valence electrons. The second kappa shape index (κ2) is 4.45. The molecule has 12 heavy (non-hydrogen) atoms. The van der Waals surface area contributed by atoms with E-state index in [1.165, 1.54) is 12.8 Å². The molecule has 0 aromatic carbocycles. The quantitative estimate of drug-likeness (QED) is 0.636. The van der Waals surface area contributed by atoms with Crippen LogP contribution in [-0.2, 0) is 4.79 Å². The fourth-order valence-electron chi connectivity index (χ4n) is 1.41. The molecule has 0 unspecified atom stereocenters. The molecule has 1 aliphatic carbocycles. The minimum atomic E-state index is -0.382. The van der Waals surface area contributed by atoms with Gasteiger partial charge in [-0.3, -0.25) is 4.79 Å². The molecule has 3 nitrogen and oxygen atoms in total. The first-order valence-electron chi connectivity index (χ1n) is 4.58. The Morgan fingerprint density at radius 3 is 3.00 bits per heavy atom. The molecule has 0 bridgehead atoms. The van der Waals surface area contributed by atoms with E-state index in [4.69, 9.17) is 5.73 Å². The number of carbonyl (C=O) groups excluding carboxylic acids is 1. The average Bonchev–Trinajstić information content (AvgIpc) is 2.06. The summed E-state index contributed by atoms with van der Waals surface area (Å²) in [6.45, 7) is 1.71. The number of amides is 1. The highest BCUT2D eigenvalue weighted by atomic mass is 16.2. The van der Waals surface area contributed by atoms with Gasteiger partial charge >= 0.3 is 0 Å². The third kappa shape index (κ3) is 2.81. The van der Waals surface area contributed by atoms with Crippen LogP contribution in [0.3, 0.4) is 0 Å². The SMILES string of the molecule is C[C@H](N)C(=O)N[C@H]1C[CH]CCC1. The Labute approximate surface area is 73.7 Å². The molecule has 3 N–H and O–H groups in total. The van der Waals surface area contributed by atoms with Crippen LogP contribution < -0.4 is 11.1 Å². The Balaban J connectivity index is 2.24. The van der Waals surface area contributed by atoms with E-state index in [9.17, 15) is 4.79 Å². The van der Waals surface area contributed by atoms with E-state index in [1.54, 1.807) is 6.92 Å². The average molecular weight is 169 g/mol. The van der Waals surface area contributed by atoms with E-state index in [-0.39, 0.29) is 11.9 Å². The molecule has 0 spiro atoms. The van der Waals surface area contributed by atoms with Crippen molar-refractivity contribution in [1.29, 1.82) is 0 Å². The summed E-state index contributed by atoms with van der Waals surface area (Å²) in [4.78, 5) is 11.2. The van der Waals surface area contributed by atoms with Gasteiger partial charge in [0.15, 0.2) is 0 Å². The summed E-state index contributed by atoms with van der Waals surface area (Å²) >= 11 is 0. The van der Waals surface area contributed by atoms with Crippen LogP contribution in [0.25, 0.3) is 0 Å². The van der Waals surface area contributed by atoms with E-state index in [0.717, 1.165) is 12.8 Å². The van der Waals surface area contributed by atoms with E-state index in [2.05, 4.69) is 11.7 Å². The van der Waals surface area contributed by atoms with Crippen LogP contribution in [0.2, 0.25) is 0 Å². The summed E-state index contributed by atoms with van der Waals surface area (Å²) in [5.41, 5.74) is 5.43. The molecule has 0 aromatic heterocycles. The van der Waals surface area contributed by atoms with Gasteiger partial charge in [-0.2, -0.15) is 0 Å². The zero-order valence-electron chi connectivity index (χ0n) is 7.55. The Kier molecular flexibility index (Phi) is 3.53. The molecule has 0 saturated heterocycles. The van der Waals surface area contributed by atoms with Crippen molar-refractivity contribution >= 4 is 5.91 Å². The summed E-state index contributed by atoms with van der Waals surface area (Å²) in [7, 11) is 0. The van der Waals surface area contributed by atoms with Crippen molar-refractivity contribution in [2.75, 3.05) is 0 Å². The van der Waals surface area contributed by atoms with Gasteiger partial charge in [-0.05, 0) is 26.2 Å². The van der Waals surface area contributed by atoms with Gasteiger partial charge in [-0.25, -0.2) is 0 Å². The van der Waals surface area contributed by atoms with Gasteiger partial charge < -0.3 is 11.1 Å². The van der Waals surface area contributed by atoms with E-state index >= 15 is 0 Å². The largest absolute Gasteiger partial charge is 0.352 e. The third-order valence-electron chi connectivity index (χ3n) is 2.17. The molecule has 1 radical (unpaired) electrons. The summed E-state index contributed by atoms with van der Waals surface area (Å²) < 4.78 is 0. The highest BCUT2D eigenvalue weighted by Crippen LogP contribution is 2.16. The molecular weight excluding hydrogens is 152 g/mol. The van der Waals surface area contributed by atoms with E-state index in [0.29, 0.717) is 6.04 Å². The molecule has 1 rings (SSSR count). The van der Waals surface area contributed by atoms with Crippen LogP contribution in [0, 0.1) is 6.42 Å². The summed E-state index contributed by atoms with van der Waals surface area (Å²) in [5.74, 6) is -0.0321. The van der Waals surface area contributed by atoms with Crippen molar-refractivity contribution in [3.63, 3.8) is 0 Å². The van der Waals surface area contributed by atoms with Crippen molar-refractivity contribution in [2.45, 2.75) is 44.7 Å². The first-order valence-corrected chi connectivity index (χ1v) is 4.58. The number of hydrogen-bond acceptors (Lipinski definition) is 2. The monoisotopic (exact) mass is 169 g/mol. The molecule has 2 atom stereocenters. The van der Waals surface area contributed by atoms with Crippen LogP contribution in [0.1, 0.15) is 32.6 Å². The highest BCUT2D eigenvalue weighted by Gasteiger charge is 2.17. The van der Waals surface area contributed by atoms with Crippen LogP contribution in [-0.4, -0.2) is 18.0 Å². The van der Waals surface area contributed by atoms with Crippen LogP contribution in [0.15, 0.2) is 0 Å². The summed E-state index contributed by atoms with van der Waals surface area (Å²) in [6, 6.07) is -0.0517. The molecule has 3 heteroatoms. The van der Waals surface area contributed by atoms with Crippen LogP contribution in [0.4, 0.5) is 0 Å². The lowest BCUT2D eigenvalue weighted by Crippen LogP contribution is -2.44. The van der Waals surface area contributed by atoms with Crippen molar-refractivity contribution in [2.24, 2.45) is 5.73 Å². The number of rotatable bonds is 2. The van der Waals surface area contributed by atoms with Crippen molar-refractivity contribution < 1.29 is 4.79 Å². The zero-order valence-corrected chi connectivity index (χ0v) is 7.55. The molecule has 0 heterocycles. The van der Waals surface area contributed by atoms with Gasteiger partial charge in [0.2, 0.25) is 5.91 Å².